The lowest BCUT2D eigenvalue weighted by Crippen LogP contribution is -1.94. The molecule has 0 saturated carbocycles. The third-order valence-corrected chi connectivity index (χ3v) is 2.42. The maximum atomic E-state index is 5.47. The van der Waals surface area contributed by atoms with Gasteiger partial charge in [-0.05, 0) is 18.6 Å². The van der Waals surface area contributed by atoms with Crippen molar-refractivity contribution in [2.45, 2.75) is 13.5 Å². The zero-order valence-corrected chi connectivity index (χ0v) is 9.36. The number of methoxy groups -OCH3 is 1. The van der Waals surface area contributed by atoms with Crippen LogP contribution in [0.3, 0.4) is 0 Å². The minimum atomic E-state index is 0.309. The third-order valence-electron chi connectivity index (χ3n) is 2.42. The average Bonchev–Trinajstić information content (AvgIpc) is 2.78. The van der Waals surface area contributed by atoms with Crippen molar-refractivity contribution in [2.24, 2.45) is 5.73 Å². The van der Waals surface area contributed by atoms with E-state index < -0.39 is 0 Å². The van der Waals surface area contributed by atoms with Crippen LogP contribution >= 0.6 is 0 Å². The Bertz CT molecular complexity index is 492. The molecule has 1 aromatic carbocycles. The van der Waals surface area contributed by atoms with E-state index in [0.29, 0.717) is 18.2 Å². The Morgan fingerprint density at radius 1 is 1.44 bits per heavy atom. The monoisotopic (exact) mass is 218 g/mol. The van der Waals surface area contributed by atoms with Crippen LogP contribution in [-0.4, -0.2) is 12.1 Å². The van der Waals surface area contributed by atoms with Gasteiger partial charge >= 0.3 is 0 Å². The lowest BCUT2D eigenvalue weighted by atomic mass is 10.1. The number of benzene rings is 1. The average molecular weight is 218 g/mol. The van der Waals surface area contributed by atoms with Crippen molar-refractivity contribution in [3.63, 3.8) is 0 Å². The second-order valence-corrected chi connectivity index (χ2v) is 3.51. The van der Waals surface area contributed by atoms with Crippen molar-refractivity contribution < 1.29 is 9.15 Å². The first kappa shape index (κ1) is 10.7. The van der Waals surface area contributed by atoms with Gasteiger partial charge in [-0.2, -0.15) is 0 Å². The van der Waals surface area contributed by atoms with Gasteiger partial charge in [-0.3, -0.25) is 0 Å². The van der Waals surface area contributed by atoms with Crippen LogP contribution in [0.5, 0.6) is 5.75 Å². The molecular weight excluding hydrogens is 204 g/mol. The van der Waals surface area contributed by atoms with Gasteiger partial charge in [-0.1, -0.05) is 12.1 Å². The van der Waals surface area contributed by atoms with Gasteiger partial charge in [0.25, 0.3) is 0 Å². The standard InChI is InChI=1S/C12H14N2O2/c1-8-3-4-9(5-10(8)15-2)11-7-14-12(6-13)16-11/h3-5,7H,6,13H2,1-2H3. The van der Waals surface area contributed by atoms with Gasteiger partial charge < -0.3 is 14.9 Å². The molecule has 0 spiro atoms. The van der Waals surface area contributed by atoms with Crippen LogP contribution in [0.25, 0.3) is 11.3 Å². The Kier molecular flexibility index (Phi) is 2.92. The summed E-state index contributed by atoms with van der Waals surface area (Å²) in [5.41, 5.74) is 7.47. The lowest BCUT2D eigenvalue weighted by Gasteiger charge is -2.05. The normalized spacial score (nSPS) is 10.4. The van der Waals surface area contributed by atoms with Crippen LogP contribution in [0.1, 0.15) is 11.5 Å². The highest BCUT2D eigenvalue weighted by atomic mass is 16.5. The second-order valence-electron chi connectivity index (χ2n) is 3.51. The minimum absolute atomic E-state index is 0.309. The summed E-state index contributed by atoms with van der Waals surface area (Å²) in [5.74, 6) is 2.08. The number of aromatic nitrogens is 1. The van der Waals surface area contributed by atoms with Gasteiger partial charge in [0.1, 0.15) is 5.75 Å². The molecule has 4 heteroatoms. The van der Waals surface area contributed by atoms with Crippen molar-refractivity contribution in [1.82, 2.24) is 4.98 Å². The predicted molar refractivity (Wildman–Crippen MR) is 61.1 cm³/mol. The van der Waals surface area contributed by atoms with Gasteiger partial charge in [0.15, 0.2) is 5.76 Å². The minimum Gasteiger partial charge on any atom is -0.496 e. The van der Waals surface area contributed by atoms with E-state index in [0.717, 1.165) is 16.9 Å². The van der Waals surface area contributed by atoms with E-state index in [1.165, 1.54) is 0 Å². The smallest absolute Gasteiger partial charge is 0.208 e. The molecule has 2 rings (SSSR count). The van der Waals surface area contributed by atoms with Gasteiger partial charge in [-0.15, -0.1) is 0 Å². The van der Waals surface area contributed by atoms with Crippen molar-refractivity contribution in [3.05, 3.63) is 35.9 Å². The molecule has 16 heavy (non-hydrogen) atoms. The molecule has 2 aromatic rings. The molecule has 0 aliphatic heterocycles. The van der Waals surface area contributed by atoms with Crippen molar-refractivity contribution in [3.8, 4) is 17.1 Å². The Balaban J connectivity index is 2.40. The summed E-state index contributed by atoms with van der Waals surface area (Å²) in [5, 5.41) is 0. The van der Waals surface area contributed by atoms with Gasteiger partial charge in [0.05, 0.1) is 19.9 Å². The van der Waals surface area contributed by atoms with E-state index in [9.17, 15) is 0 Å². The number of rotatable bonds is 3. The van der Waals surface area contributed by atoms with Crippen molar-refractivity contribution in [2.75, 3.05) is 7.11 Å². The van der Waals surface area contributed by atoms with E-state index in [1.54, 1.807) is 13.3 Å². The molecule has 2 N–H and O–H groups in total. The molecule has 0 aliphatic rings. The highest BCUT2D eigenvalue weighted by Gasteiger charge is 2.07. The summed E-state index contributed by atoms with van der Waals surface area (Å²) in [6.07, 6.45) is 1.67. The third kappa shape index (κ3) is 1.92. The first-order valence-corrected chi connectivity index (χ1v) is 5.04. The molecule has 0 atom stereocenters. The topological polar surface area (TPSA) is 61.3 Å². The van der Waals surface area contributed by atoms with Crippen molar-refractivity contribution in [1.29, 1.82) is 0 Å². The van der Waals surface area contributed by atoms with Gasteiger partial charge in [0, 0.05) is 5.56 Å². The second kappa shape index (κ2) is 4.37. The first-order valence-electron chi connectivity index (χ1n) is 5.04. The summed E-state index contributed by atoms with van der Waals surface area (Å²) >= 11 is 0. The molecule has 1 heterocycles. The van der Waals surface area contributed by atoms with E-state index >= 15 is 0 Å². The Morgan fingerprint density at radius 3 is 2.88 bits per heavy atom. The molecule has 0 amide bonds. The predicted octanol–water partition coefficient (Wildman–Crippen LogP) is 2.12. The first-order chi connectivity index (χ1) is 7.74. The molecular formula is C12H14N2O2. The Hall–Kier alpha value is -1.81. The maximum Gasteiger partial charge on any atom is 0.208 e. The molecule has 0 fully saturated rings. The number of aryl methyl sites for hydroxylation is 1. The van der Waals surface area contributed by atoms with Crippen LogP contribution in [0.15, 0.2) is 28.8 Å². The van der Waals surface area contributed by atoms with Gasteiger partial charge in [-0.25, -0.2) is 4.98 Å². The molecule has 0 radical (unpaired) electrons. The molecule has 1 aromatic heterocycles. The van der Waals surface area contributed by atoms with Crippen LogP contribution in [0.2, 0.25) is 0 Å². The molecule has 4 nitrogen and oxygen atoms in total. The lowest BCUT2D eigenvalue weighted by molar-refractivity contribution is 0.411. The summed E-state index contributed by atoms with van der Waals surface area (Å²) in [7, 11) is 1.65. The highest BCUT2D eigenvalue weighted by Crippen LogP contribution is 2.27. The van der Waals surface area contributed by atoms with E-state index in [2.05, 4.69) is 4.98 Å². The van der Waals surface area contributed by atoms with Gasteiger partial charge in [0.2, 0.25) is 5.89 Å². The van der Waals surface area contributed by atoms with Crippen LogP contribution < -0.4 is 10.5 Å². The Morgan fingerprint density at radius 2 is 2.25 bits per heavy atom. The van der Waals surface area contributed by atoms with Crippen LogP contribution in [0.4, 0.5) is 0 Å². The number of oxazole rings is 1. The SMILES string of the molecule is COc1cc(-c2cnc(CN)o2)ccc1C. The Labute approximate surface area is 94.1 Å². The quantitative estimate of drug-likeness (QED) is 0.857. The van der Waals surface area contributed by atoms with Crippen LogP contribution in [0, 0.1) is 6.92 Å². The van der Waals surface area contributed by atoms with Crippen molar-refractivity contribution >= 4 is 0 Å². The molecule has 84 valence electrons. The van der Waals surface area contributed by atoms with E-state index in [4.69, 9.17) is 14.9 Å². The zero-order chi connectivity index (χ0) is 11.5. The number of nitrogens with zero attached hydrogens (tertiary/aromatic N) is 1. The fourth-order valence-corrected chi connectivity index (χ4v) is 1.51. The fourth-order valence-electron chi connectivity index (χ4n) is 1.51. The number of nitrogens with two attached hydrogens (primary N) is 1. The van der Waals surface area contributed by atoms with Crippen LogP contribution in [-0.2, 0) is 6.54 Å². The summed E-state index contributed by atoms with van der Waals surface area (Å²) in [4.78, 5) is 4.06. The number of hydrogen-bond donors (Lipinski definition) is 1. The zero-order valence-electron chi connectivity index (χ0n) is 9.36. The summed E-state index contributed by atoms with van der Waals surface area (Å²) in [6, 6.07) is 5.88. The molecule has 0 bridgehead atoms. The molecule has 0 unspecified atom stereocenters. The van der Waals surface area contributed by atoms with E-state index in [1.807, 2.05) is 25.1 Å². The maximum absolute atomic E-state index is 5.47. The molecule has 0 saturated heterocycles. The fraction of sp³-hybridized carbons (Fsp3) is 0.250. The highest BCUT2D eigenvalue weighted by molar-refractivity contribution is 5.60. The molecule has 0 aliphatic carbocycles. The van der Waals surface area contributed by atoms with E-state index in [-0.39, 0.29) is 0 Å². The summed E-state index contributed by atoms with van der Waals surface area (Å²) in [6.45, 7) is 2.30. The number of ether oxygens (including phenoxy) is 1. The largest absolute Gasteiger partial charge is 0.496 e. The summed E-state index contributed by atoms with van der Waals surface area (Å²) < 4.78 is 10.7. The number of hydrogen-bond acceptors (Lipinski definition) is 4.